The lowest BCUT2D eigenvalue weighted by Crippen LogP contribution is -2.41. The number of aromatic nitrogens is 1. The number of nitrogens with zero attached hydrogens (tertiary/aromatic N) is 2. The minimum Gasteiger partial charge on any atom is -0.497 e. The molecule has 0 saturated heterocycles. The monoisotopic (exact) mass is 512 g/mol. The van der Waals surface area contributed by atoms with E-state index in [-0.39, 0.29) is 11.6 Å². The number of ether oxygens (including phenoxy) is 2. The Kier molecular flexibility index (Phi) is 8.47. The summed E-state index contributed by atoms with van der Waals surface area (Å²) in [5.74, 6) is 2.33. The minimum atomic E-state index is -1.80. The molecule has 0 unspecified atom stereocenters. The molecule has 0 radical (unpaired) electrons. The van der Waals surface area contributed by atoms with Crippen LogP contribution in [0.15, 0.2) is 52.9 Å². The highest BCUT2D eigenvalue weighted by atomic mass is 28.4. The average molecular weight is 513 g/mol. The van der Waals surface area contributed by atoms with E-state index < -0.39 is 14.4 Å². The van der Waals surface area contributed by atoms with Crippen LogP contribution in [0.4, 0.5) is 4.79 Å². The molecule has 0 aliphatic heterocycles. The van der Waals surface area contributed by atoms with Crippen LogP contribution >= 0.6 is 0 Å². The number of benzene rings is 2. The number of methoxy groups -OCH3 is 1. The Morgan fingerprint density at radius 3 is 2.14 bits per heavy atom. The third-order valence-electron chi connectivity index (χ3n) is 6.47. The fourth-order valence-electron chi connectivity index (χ4n) is 3.22. The summed E-state index contributed by atoms with van der Waals surface area (Å²) >= 11 is 0. The topological polar surface area (TPSA) is 94.3 Å². The maximum Gasteiger partial charge on any atom is 0.407 e. The van der Waals surface area contributed by atoms with Crippen molar-refractivity contribution in [2.24, 2.45) is 0 Å². The Morgan fingerprint density at radius 1 is 1.00 bits per heavy atom. The lowest BCUT2D eigenvalue weighted by atomic mass is 10.1. The van der Waals surface area contributed by atoms with E-state index in [2.05, 4.69) is 38.8 Å². The van der Waals surface area contributed by atoms with Crippen molar-refractivity contribution in [3.8, 4) is 34.1 Å². The number of amides is 1. The van der Waals surface area contributed by atoms with Crippen molar-refractivity contribution < 1.29 is 28.2 Å². The Balaban J connectivity index is 1.77. The van der Waals surface area contributed by atoms with Crippen molar-refractivity contribution in [2.45, 2.75) is 45.4 Å². The molecule has 194 valence electrons. The molecule has 2 aromatic carbocycles. The first kappa shape index (κ1) is 27.3. The van der Waals surface area contributed by atoms with E-state index in [0.29, 0.717) is 30.6 Å². The van der Waals surface area contributed by atoms with E-state index >= 15 is 0 Å². The van der Waals surface area contributed by atoms with Crippen molar-refractivity contribution in [2.75, 3.05) is 27.4 Å². The summed E-state index contributed by atoms with van der Waals surface area (Å²) in [6.07, 6.45) is -1.06. The van der Waals surface area contributed by atoms with Crippen LogP contribution in [-0.2, 0) is 11.0 Å². The van der Waals surface area contributed by atoms with Crippen LogP contribution in [0.3, 0.4) is 0 Å². The van der Waals surface area contributed by atoms with E-state index in [1.165, 1.54) is 7.05 Å². The van der Waals surface area contributed by atoms with E-state index in [1.807, 2.05) is 48.5 Å². The third kappa shape index (κ3) is 6.67. The molecule has 0 saturated carbocycles. The van der Waals surface area contributed by atoms with E-state index in [9.17, 15) is 9.90 Å². The predicted molar refractivity (Wildman–Crippen MR) is 142 cm³/mol. The molecule has 36 heavy (non-hydrogen) atoms. The van der Waals surface area contributed by atoms with Crippen LogP contribution in [0.5, 0.6) is 11.5 Å². The number of hydrogen-bond acceptors (Lipinski definition) is 6. The fraction of sp³-hybridized carbons (Fsp3) is 0.407. The molecule has 3 aromatic rings. The van der Waals surface area contributed by atoms with Gasteiger partial charge in [0.05, 0.1) is 13.7 Å². The third-order valence-corrected chi connectivity index (χ3v) is 11.0. The van der Waals surface area contributed by atoms with Crippen LogP contribution < -0.4 is 9.47 Å². The van der Waals surface area contributed by atoms with Gasteiger partial charge in [-0.2, -0.15) is 0 Å². The fourth-order valence-corrected chi connectivity index (χ4v) is 4.24. The Hall–Kier alpha value is -3.30. The maximum atomic E-state index is 11.3. The summed E-state index contributed by atoms with van der Waals surface area (Å²) in [5, 5.41) is 9.39. The number of oxazole rings is 1. The van der Waals surface area contributed by atoms with Crippen LogP contribution in [0, 0.1) is 0 Å². The molecule has 8 nitrogen and oxygen atoms in total. The number of rotatable bonds is 10. The van der Waals surface area contributed by atoms with E-state index in [0.717, 1.165) is 27.5 Å². The molecule has 0 spiro atoms. The van der Waals surface area contributed by atoms with Gasteiger partial charge in [-0.1, -0.05) is 20.8 Å². The zero-order valence-corrected chi connectivity index (χ0v) is 23.1. The lowest BCUT2D eigenvalue weighted by Gasteiger charge is -2.36. The molecule has 0 bridgehead atoms. The smallest absolute Gasteiger partial charge is 0.407 e. The standard InChI is InChI=1S/C27H36N2O6Si/c1-27(2,3)36(6,7)34-17-16-33-22-14-10-20(11-15-22)25-24(19-8-12-21(32-5)13-9-19)28-23(35-25)18-29(4)26(30)31/h8-15H,16-18H2,1-7H3,(H,30,31). The predicted octanol–water partition coefficient (Wildman–Crippen LogP) is 6.53. The van der Waals surface area contributed by atoms with Gasteiger partial charge in [-0.25, -0.2) is 9.78 Å². The van der Waals surface area contributed by atoms with Crippen molar-refractivity contribution in [1.82, 2.24) is 9.88 Å². The van der Waals surface area contributed by atoms with Crippen LogP contribution in [0.1, 0.15) is 26.7 Å². The summed E-state index contributed by atoms with van der Waals surface area (Å²) in [6.45, 7) is 12.1. The molecule has 0 atom stereocenters. The number of carboxylic acid groups (broad SMARTS) is 1. The van der Waals surface area contributed by atoms with Gasteiger partial charge in [0.25, 0.3) is 0 Å². The van der Waals surface area contributed by atoms with Gasteiger partial charge in [0, 0.05) is 18.2 Å². The van der Waals surface area contributed by atoms with Crippen LogP contribution in [-0.4, -0.2) is 56.8 Å². The molecule has 1 amide bonds. The summed E-state index contributed by atoms with van der Waals surface area (Å²) in [4.78, 5) is 17.0. The zero-order valence-electron chi connectivity index (χ0n) is 22.1. The van der Waals surface area contributed by atoms with Crippen LogP contribution in [0.2, 0.25) is 18.1 Å². The van der Waals surface area contributed by atoms with Gasteiger partial charge in [0.1, 0.15) is 30.3 Å². The van der Waals surface area contributed by atoms with Gasteiger partial charge in [-0.05, 0) is 66.7 Å². The van der Waals surface area contributed by atoms with Crippen molar-refractivity contribution in [3.63, 3.8) is 0 Å². The van der Waals surface area contributed by atoms with Crippen molar-refractivity contribution >= 4 is 14.4 Å². The maximum absolute atomic E-state index is 11.3. The average Bonchev–Trinajstić information content (AvgIpc) is 3.25. The van der Waals surface area contributed by atoms with E-state index in [4.69, 9.17) is 18.3 Å². The van der Waals surface area contributed by atoms with Gasteiger partial charge >= 0.3 is 6.09 Å². The molecule has 0 aliphatic carbocycles. The molecule has 3 rings (SSSR count). The first-order valence-electron chi connectivity index (χ1n) is 11.9. The zero-order chi connectivity index (χ0) is 26.5. The number of hydrogen-bond donors (Lipinski definition) is 1. The molecule has 0 aliphatic rings. The normalized spacial score (nSPS) is 11.9. The van der Waals surface area contributed by atoms with Crippen molar-refractivity contribution in [3.05, 3.63) is 54.4 Å². The summed E-state index contributed by atoms with van der Waals surface area (Å²) < 4.78 is 23.4. The quantitative estimate of drug-likeness (QED) is 0.244. The first-order valence-corrected chi connectivity index (χ1v) is 14.8. The highest BCUT2D eigenvalue weighted by molar-refractivity contribution is 6.74. The lowest BCUT2D eigenvalue weighted by molar-refractivity contribution is 0.150. The second-order valence-corrected chi connectivity index (χ2v) is 14.9. The minimum absolute atomic E-state index is 0.0356. The second kappa shape index (κ2) is 11.2. The highest BCUT2D eigenvalue weighted by Gasteiger charge is 2.36. The molecular formula is C27H36N2O6Si. The van der Waals surface area contributed by atoms with Gasteiger partial charge < -0.3 is 28.3 Å². The second-order valence-electron chi connectivity index (χ2n) is 10.1. The number of carbonyl (C=O) groups is 1. The van der Waals surface area contributed by atoms with Gasteiger partial charge in [0.2, 0.25) is 5.89 Å². The molecule has 0 fully saturated rings. The molecule has 9 heteroatoms. The highest BCUT2D eigenvalue weighted by Crippen LogP contribution is 2.37. The van der Waals surface area contributed by atoms with Gasteiger partial charge in [-0.3, -0.25) is 0 Å². The summed E-state index contributed by atoms with van der Waals surface area (Å²) in [5.41, 5.74) is 2.27. The van der Waals surface area contributed by atoms with Gasteiger partial charge in [0.15, 0.2) is 14.1 Å². The molecule has 1 heterocycles. The Bertz CT molecular complexity index is 1150. The van der Waals surface area contributed by atoms with Crippen LogP contribution in [0.25, 0.3) is 22.6 Å². The molecule has 1 aromatic heterocycles. The molecular weight excluding hydrogens is 476 g/mol. The Morgan fingerprint density at radius 2 is 1.58 bits per heavy atom. The SMILES string of the molecule is COc1ccc(-c2nc(CN(C)C(=O)O)oc2-c2ccc(OCCO[Si](C)(C)C(C)(C)C)cc2)cc1. The van der Waals surface area contributed by atoms with Crippen molar-refractivity contribution in [1.29, 1.82) is 0 Å². The summed E-state index contributed by atoms with van der Waals surface area (Å²) in [7, 11) is 1.28. The summed E-state index contributed by atoms with van der Waals surface area (Å²) in [6, 6.07) is 15.1. The largest absolute Gasteiger partial charge is 0.497 e. The Labute approximate surface area is 213 Å². The molecule has 1 N–H and O–H groups in total. The first-order chi connectivity index (χ1) is 16.9. The van der Waals surface area contributed by atoms with E-state index in [1.54, 1.807) is 7.11 Å². The van der Waals surface area contributed by atoms with Gasteiger partial charge in [-0.15, -0.1) is 0 Å².